The van der Waals surface area contributed by atoms with Crippen molar-refractivity contribution in [3.63, 3.8) is 0 Å². The first-order chi connectivity index (χ1) is 15.8. The smallest absolute Gasteiger partial charge is 0.296 e. The first kappa shape index (κ1) is 23.6. The van der Waals surface area contributed by atoms with E-state index in [4.69, 9.17) is 5.14 Å². The number of fused-ring (bicyclic) bond motifs is 1. The number of primary sulfonamides is 1. The molecule has 1 amide bonds. The van der Waals surface area contributed by atoms with E-state index in [1.54, 1.807) is 0 Å². The van der Waals surface area contributed by atoms with Crippen LogP contribution in [0.15, 0.2) is 40.9 Å². The normalized spacial score (nSPS) is 12.4. The van der Waals surface area contributed by atoms with Gasteiger partial charge in [0, 0.05) is 5.56 Å². The molecule has 0 spiro atoms. The second kappa shape index (κ2) is 8.33. The molecule has 0 atom stereocenters. The molecule has 3 N–H and O–H groups in total. The van der Waals surface area contributed by atoms with Gasteiger partial charge in [-0.25, -0.2) is 31.8 Å². The Kier molecular flexibility index (Phi) is 5.78. The SMILES string of the molecule is NS(=O)(=O)c1nnc(NC(=O)c2cnn3c(C(F)F)cc(-c4ccc(C(F)(F)F)cc4)nc23)s1. The Bertz CT molecular complexity index is 1500. The lowest BCUT2D eigenvalue weighted by Crippen LogP contribution is -2.12. The lowest BCUT2D eigenvalue weighted by atomic mass is 10.1. The van der Waals surface area contributed by atoms with Crippen LogP contribution >= 0.6 is 11.3 Å². The minimum atomic E-state index is -4.59. The van der Waals surface area contributed by atoms with E-state index in [2.05, 4.69) is 25.6 Å². The van der Waals surface area contributed by atoms with Crippen molar-refractivity contribution in [1.82, 2.24) is 24.8 Å². The van der Waals surface area contributed by atoms with Crippen LogP contribution in [0.2, 0.25) is 0 Å². The number of carbonyl (C=O) groups is 1. The number of benzene rings is 1. The Morgan fingerprint density at radius 1 is 1.15 bits per heavy atom. The topological polar surface area (TPSA) is 145 Å². The third-order valence-corrected chi connectivity index (χ3v) is 6.49. The second-order valence-electron chi connectivity index (χ2n) is 6.61. The Morgan fingerprint density at radius 2 is 1.82 bits per heavy atom. The van der Waals surface area contributed by atoms with Gasteiger partial charge in [-0.1, -0.05) is 23.5 Å². The minimum absolute atomic E-state index is 0.0897. The molecule has 0 radical (unpaired) electrons. The molecule has 178 valence electrons. The van der Waals surface area contributed by atoms with Crippen LogP contribution in [0.4, 0.5) is 27.1 Å². The summed E-state index contributed by atoms with van der Waals surface area (Å²) >= 11 is 0.456. The first-order valence-corrected chi connectivity index (χ1v) is 11.2. The van der Waals surface area contributed by atoms with Crippen LogP contribution in [-0.4, -0.2) is 39.1 Å². The maximum Gasteiger partial charge on any atom is 0.416 e. The van der Waals surface area contributed by atoms with E-state index in [1.807, 2.05) is 0 Å². The standard InChI is InChI=1S/C17H10F5N7O3S2/c18-12(19)11-5-10(7-1-3-8(4-2-7)17(20,21)22)25-13-9(6-24-29(11)13)14(30)26-15-27-28-16(33-15)34(23,31)32/h1-6,12H,(H2,23,31,32)(H,26,27,30). The highest BCUT2D eigenvalue weighted by Crippen LogP contribution is 2.32. The van der Waals surface area contributed by atoms with Crippen molar-refractivity contribution in [2.24, 2.45) is 5.14 Å². The summed E-state index contributed by atoms with van der Waals surface area (Å²) in [5, 5.41) is 17.5. The zero-order chi connectivity index (χ0) is 24.8. The summed E-state index contributed by atoms with van der Waals surface area (Å²) in [4.78, 5) is 16.8. The van der Waals surface area contributed by atoms with Gasteiger partial charge in [-0.2, -0.15) is 18.3 Å². The van der Waals surface area contributed by atoms with Crippen LogP contribution in [0.1, 0.15) is 28.0 Å². The zero-order valence-corrected chi connectivity index (χ0v) is 17.9. The van der Waals surface area contributed by atoms with E-state index in [-0.39, 0.29) is 27.6 Å². The number of carbonyl (C=O) groups excluding carboxylic acids is 1. The number of nitrogens with zero attached hydrogens (tertiary/aromatic N) is 5. The Balaban J connectivity index is 1.75. The summed E-state index contributed by atoms with van der Waals surface area (Å²) in [5.41, 5.74) is -2.24. The van der Waals surface area contributed by atoms with E-state index in [0.29, 0.717) is 15.9 Å². The molecule has 1 aromatic carbocycles. The van der Waals surface area contributed by atoms with E-state index in [1.165, 1.54) is 0 Å². The van der Waals surface area contributed by atoms with Gasteiger partial charge in [-0.3, -0.25) is 10.1 Å². The number of rotatable bonds is 5. The monoisotopic (exact) mass is 519 g/mol. The third kappa shape index (κ3) is 4.57. The Hall–Kier alpha value is -3.57. The van der Waals surface area contributed by atoms with Gasteiger partial charge in [-0.05, 0) is 18.2 Å². The quantitative estimate of drug-likeness (QED) is 0.304. The predicted molar refractivity (Wildman–Crippen MR) is 108 cm³/mol. The largest absolute Gasteiger partial charge is 0.416 e. The van der Waals surface area contributed by atoms with Gasteiger partial charge in [0.15, 0.2) is 5.65 Å². The number of anilines is 1. The van der Waals surface area contributed by atoms with Crippen molar-refractivity contribution in [3.05, 3.63) is 53.3 Å². The fourth-order valence-electron chi connectivity index (χ4n) is 2.82. The van der Waals surface area contributed by atoms with Crippen LogP contribution in [-0.2, 0) is 16.2 Å². The molecule has 0 saturated heterocycles. The number of aromatic nitrogens is 5. The molecule has 0 aliphatic carbocycles. The zero-order valence-electron chi connectivity index (χ0n) is 16.3. The molecule has 17 heteroatoms. The van der Waals surface area contributed by atoms with Gasteiger partial charge in [0.1, 0.15) is 11.3 Å². The van der Waals surface area contributed by atoms with Crippen LogP contribution < -0.4 is 10.5 Å². The summed E-state index contributed by atoms with van der Waals surface area (Å²) in [6, 6.07) is 4.60. The molecule has 4 rings (SSSR count). The van der Waals surface area contributed by atoms with Crippen LogP contribution in [0.3, 0.4) is 0 Å². The van der Waals surface area contributed by atoms with Crippen molar-refractivity contribution in [3.8, 4) is 11.3 Å². The second-order valence-corrected chi connectivity index (χ2v) is 9.32. The maximum absolute atomic E-state index is 13.7. The molecule has 4 aromatic rings. The lowest BCUT2D eigenvalue weighted by Gasteiger charge is -2.10. The van der Waals surface area contributed by atoms with E-state index < -0.39 is 44.1 Å². The summed E-state index contributed by atoms with van der Waals surface area (Å²) in [7, 11) is -4.16. The molecule has 0 aliphatic heterocycles. The molecule has 0 bridgehead atoms. The number of sulfonamides is 1. The number of nitrogens with two attached hydrogens (primary N) is 1. The maximum atomic E-state index is 13.7. The van der Waals surface area contributed by atoms with Gasteiger partial charge in [0.25, 0.3) is 22.4 Å². The van der Waals surface area contributed by atoms with Gasteiger partial charge in [0.05, 0.1) is 17.5 Å². The highest BCUT2D eigenvalue weighted by atomic mass is 32.2. The van der Waals surface area contributed by atoms with Crippen molar-refractivity contribution >= 4 is 38.0 Å². The van der Waals surface area contributed by atoms with Crippen molar-refractivity contribution < 1.29 is 35.2 Å². The molecule has 0 saturated carbocycles. The molecule has 0 fully saturated rings. The number of hydrogen-bond acceptors (Lipinski definition) is 8. The summed E-state index contributed by atoms with van der Waals surface area (Å²) in [6.07, 6.45) is -6.70. The average Bonchev–Trinajstić information content (AvgIpc) is 3.39. The van der Waals surface area contributed by atoms with Crippen LogP contribution in [0.5, 0.6) is 0 Å². The van der Waals surface area contributed by atoms with Crippen molar-refractivity contribution in [2.45, 2.75) is 16.9 Å². The Labute approximate surface area is 190 Å². The summed E-state index contributed by atoms with van der Waals surface area (Å²) in [5.74, 6) is -0.926. The number of halogens is 5. The van der Waals surface area contributed by atoms with E-state index in [0.717, 1.165) is 36.5 Å². The van der Waals surface area contributed by atoms with E-state index >= 15 is 0 Å². The fourth-order valence-corrected chi connectivity index (χ4v) is 4.15. The number of alkyl halides is 5. The summed E-state index contributed by atoms with van der Waals surface area (Å²) in [6.45, 7) is 0. The van der Waals surface area contributed by atoms with Crippen molar-refractivity contribution in [1.29, 1.82) is 0 Å². The molecule has 3 heterocycles. The van der Waals surface area contributed by atoms with Gasteiger partial charge in [0.2, 0.25) is 9.47 Å². The number of nitrogens with one attached hydrogen (secondary N) is 1. The van der Waals surface area contributed by atoms with Gasteiger partial charge < -0.3 is 0 Å². The molecule has 34 heavy (non-hydrogen) atoms. The van der Waals surface area contributed by atoms with Gasteiger partial charge in [-0.15, -0.1) is 10.2 Å². The number of amides is 1. The number of hydrogen-bond donors (Lipinski definition) is 2. The first-order valence-electron chi connectivity index (χ1n) is 8.86. The van der Waals surface area contributed by atoms with Crippen molar-refractivity contribution in [2.75, 3.05) is 5.32 Å². The lowest BCUT2D eigenvalue weighted by molar-refractivity contribution is -0.137. The van der Waals surface area contributed by atoms with Gasteiger partial charge >= 0.3 is 6.18 Å². The van der Waals surface area contributed by atoms with E-state index in [9.17, 15) is 35.2 Å². The Morgan fingerprint density at radius 3 is 2.38 bits per heavy atom. The third-order valence-electron chi connectivity index (χ3n) is 4.35. The molecular formula is C17H10F5N7O3S2. The summed E-state index contributed by atoms with van der Waals surface area (Å²) < 4.78 is 88.6. The van der Waals surface area contributed by atoms with Crippen LogP contribution in [0, 0.1) is 0 Å². The minimum Gasteiger partial charge on any atom is -0.296 e. The average molecular weight is 519 g/mol. The fraction of sp³-hybridized carbons (Fsp3) is 0.118. The molecular weight excluding hydrogens is 509 g/mol. The van der Waals surface area contributed by atoms with Crippen LogP contribution in [0.25, 0.3) is 16.9 Å². The highest BCUT2D eigenvalue weighted by molar-refractivity contribution is 7.91. The highest BCUT2D eigenvalue weighted by Gasteiger charge is 2.30. The molecule has 0 aliphatic rings. The molecule has 0 unspecified atom stereocenters. The predicted octanol–water partition coefficient (Wildman–Crippen LogP) is 3.10. The molecule has 10 nitrogen and oxygen atoms in total. The molecule has 3 aromatic heterocycles.